The van der Waals surface area contributed by atoms with Gasteiger partial charge in [0.15, 0.2) is 5.76 Å². The molecule has 0 fully saturated rings. The van der Waals surface area contributed by atoms with Gasteiger partial charge in [-0.05, 0) is 24.3 Å². The maximum Gasteiger partial charge on any atom is 0.417 e. The van der Waals surface area contributed by atoms with Gasteiger partial charge < -0.3 is 14.5 Å². The van der Waals surface area contributed by atoms with E-state index in [4.69, 9.17) is 4.52 Å². The minimum Gasteiger partial charge on any atom is -0.361 e. The molecule has 1 aliphatic rings. The topological polar surface area (TPSA) is 86.1 Å². The van der Waals surface area contributed by atoms with E-state index >= 15 is 0 Å². The summed E-state index contributed by atoms with van der Waals surface area (Å²) in [4.78, 5) is 11.1. The highest BCUT2D eigenvalue weighted by molar-refractivity contribution is 5.94. The summed E-state index contributed by atoms with van der Waals surface area (Å²) in [5.41, 5.74) is -0.276. The Morgan fingerprint density at radius 2 is 1.79 bits per heavy atom. The number of halogens is 6. The van der Waals surface area contributed by atoms with E-state index in [9.17, 15) is 26.3 Å². The van der Waals surface area contributed by atoms with Crippen LogP contribution < -0.4 is 0 Å². The number of fused-ring (bicyclic) bond motifs is 2. The van der Waals surface area contributed by atoms with Crippen LogP contribution >= 0.6 is 0 Å². The smallest absolute Gasteiger partial charge is 0.361 e. The molecule has 0 amide bonds. The molecule has 3 aromatic heterocycles. The zero-order valence-corrected chi connectivity index (χ0v) is 19.2. The molecule has 0 aliphatic carbocycles. The second kappa shape index (κ2) is 8.50. The zero-order valence-electron chi connectivity index (χ0n) is 19.2. The molecule has 13 heteroatoms. The van der Waals surface area contributed by atoms with Crippen LogP contribution in [0.5, 0.6) is 0 Å². The van der Waals surface area contributed by atoms with Crippen LogP contribution in [0.25, 0.3) is 33.5 Å². The number of imidazole rings is 1. The van der Waals surface area contributed by atoms with Crippen LogP contribution in [0.1, 0.15) is 28.3 Å². The first-order valence-corrected chi connectivity index (χ1v) is 11.2. The van der Waals surface area contributed by atoms with Crippen molar-refractivity contribution >= 4 is 17.1 Å². The number of hydrogen-bond acceptors (Lipinski definition) is 5. The summed E-state index contributed by atoms with van der Waals surface area (Å²) in [5.74, 6) is 0.850. The molecule has 0 bridgehead atoms. The molecule has 0 saturated heterocycles. The third-order valence-corrected chi connectivity index (χ3v) is 6.17. The van der Waals surface area contributed by atoms with Crippen molar-refractivity contribution in [2.75, 3.05) is 0 Å². The fraction of sp³-hybridized carbons (Fsp3) is 0.160. The molecule has 0 unspecified atom stereocenters. The molecule has 0 saturated carbocycles. The van der Waals surface area contributed by atoms with Gasteiger partial charge in [0.2, 0.25) is 0 Å². The summed E-state index contributed by atoms with van der Waals surface area (Å²) >= 11 is 0. The van der Waals surface area contributed by atoms with Crippen molar-refractivity contribution in [2.45, 2.75) is 25.4 Å². The Kier molecular flexibility index (Phi) is 5.33. The summed E-state index contributed by atoms with van der Waals surface area (Å²) in [6, 6.07) is 10.4. The molecule has 1 aliphatic heterocycles. The highest BCUT2D eigenvalue weighted by Gasteiger charge is 2.39. The molecule has 0 spiro atoms. The fourth-order valence-corrected chi connectivity index (χ4v) is 4.40. The average molecular weight is 530 g/mol. The number of aromatic nitrogens is 4. The van der Waals surface area contributed by atoms with Gasteiger partial charge >= 0.3 is 12.4 Å². The van der Waals surface area contributed by atoms with Crippen LogP contribution in [-0.4, -0.2) is 31.3 Å². The summed E-state index contributed by atoms with van der Waals surface area (Å²) < 4.78 is 84.8. The van der Waals surface area contributed by atoms with Crippen molar-refractivity contribution in [1.82, 2.24) is 25.1 Å². The van der Waals surface area contributed by atoms with Gasteiger partial charge in [0.25, 0.3) is 0 Å². The molecule has 194 valence electrons. The molecular formula is C25H16F6N6O. The number of rotatable bonds is 4. The second-order valence-corrected chi connectivity index (χ2v) is 8.70. The quantitative estimate of drug-likeness (QED) is 0.257. The molecular weight excluding hydrogens is 514 g/mol. The molecule has 5 aromatic rings. The van der Waals surface area contributed by atoms with E-state index in [1.54, 1.807) is 11.2 Å². The van der Waals surface area contributed by atoms with Gasteiger partial charge in [-0.25, -0.2) is 4.98 Å². The summed E-state index contributed by atoms with van der Waals surface area (Å²) in [6.45, 7) is 0.374. The predicted molar refractivity (Wildman–Crippen MR) is 125 cm³/mol. The second-order valence-electron chi connectivity index (χ2n) is 8.70. The number of alkyl halides is 6. The van der Waals surface area contributed by atoms with Gasteiger partial charge in [-0.1, -0.05) is 23.4 Å². The van der Waals surface area contributed by atoms with E-state index in [1.807, 2.05) is 30.5 Å². The van der Waals surface area contributed by atoms with Crippen molar-refractivity contribution < 1.29 is 30.9 Å². The van der Waals surface area contributed by atoms with Gasteiger partial charge in [-0.2, -0.15) is 31.4 Å². The summed E-state index contributed by atoms with van der Waals surface area (Å²) in [5, 5.41) is 10.6. The van der Waals surface area contributed by atoms with Crippen LogP contribution in [0.3, 0.4) is 0 Å². The largest absolute Gasteiger partial charge is 0.417 e. The Morgan fingerprint density at radius 3 is 2.58 bits per heavy atom. The fourth-order valence-electron chi connectivity index (χ4n) is 4.40. The van der Waals surface area contributed by atoms with Crippen LogP contribution in [0.4, 0.5) is 26.3 Å². The van der Waals surface area contributed by atoms with Crippen LogP contribution in [0, 0.1) is 0 Å². The minimum atomic E-state index is -5.02. The summed E-state index contributed by atoms with van der Waals surface area (Å²) in [6.07, 6.45) is -6.54. The lowest BCUT2D eigenvalue weighted by molar-refractivity contribution is -0.142. The van der Waals surface area contributed by atoms with E-state index in [2.05, 4.69) is 25.2 Å². The van der Waals surface area contributed by atoms with Gasteiger partial charge in [-0.15, -0.1) is 0 Å². The number of benzene rings is 2. The van der Waals surface area contributed by atoms with Crippen molar-refractivity contribution in [3.8, 4) is 22.6 Å². The van der Waals surface area contributed by atoms with Crippen molar-refractivity contribution in [3.63, 3.8) is 0 Å². The number of aromatic amines is 2. The summed E-state index contributed by atoms with van der Waals surface area (Å²) in [7, 11) is 0. The highest BCUT2D eigenvalue weighted by atomic mass is 19.4. The number of nitrogens with zero attached hydrogens (tertiary/aromatic N) is 4. The first-order chi connectivity index (χ1) is 18.1. The molecule has 2 aromatic carbocycles. The molecule has 4 heterocycles. The Bertz CT molecular complexity index is 1680. The Morgan fingerprint density at radius 1 is 0.947 bits per heavy atom. The standard InChI is InChI=1S/C25H16F6N6O/c26-24(27,28)13-4-5-17(18(8-13)25(29,30)31)20-9-14(38-36-20)11-37-12-22-21(10-33-37)34-23(35-22)16-2-1-3-19-15(16)6-7-32-19/h1-10,32H,11-12H2,(H,34,35). The lowest BCUT2D eigenvalue weighted by Crippen LogP contribution is -2.21. The van der Waals surface area contributed by atoms with Crippen LogP contribution in [0.2, 0.25) is 0 Å². The van der Waals surface area contributed by atoms with E-state index in [1.165, 1.54) is 6.07 Å². The van der Waals surface area contributed by atoms with Crippen LogP contribution in [-0.2, 0) is 25.4 Å². The van der Waals surface area contributed by atoms with Crippen molar-refractivity contribution in [1.29, 1.82) is 0 Å². The van der Waals surface area contributed by atoms with E-state index < -0.39 is 29.0 Å². The number of nitrogens with one attached hydrogen (secondary N) is 2. The normalized spacial score (nSPS) is 13.9. The van der Waals surface area contributed by atoms with Gasteiger partial charge in [0.1, 0.15) is 17.2 Å². The van der Waals surface area contributed by atoms with Gasteiger partial charge in [0.05, 0.1) is 36.1 Å². The molecule has 7 nitrogen and oxygen atoms in total. The highest BCUT2D eigenvalue weighted by Crippen LogP contribution is 2.41. The maximum absolute atomic E-state index is 13.6. The number of hydrazone groups is 1. The molecule has 6 rings (SSSR count). The third kappa shape index (κ3) is 4.29. The first kappa shape index (κ1) is 23.8. The van der Waals surface area contributed by atoms with E-state index in [-0.39, 0.29) is 24.1 Å². The molecule has 38 heavy (non-hydrogen) atoms. The Labute approximate surface area is 209 Å². The van der Waals surface area contributed by atoms with E-state index in [0.717, 1.165) is 28.2 Å². The number of hydrogen-bond donors (Lipinski definition) is 2. The lowest BCUT2D eigenvalue weighted by Gasteiger charge is -2.19. The zero-order chi connectivity index (χ0) is 26.7. The minimum absolute atomic E-state index is 0.0622. The molecule has 0 atom stereocenters. The van der Waals surface area contributed by atoms with Crippen molar-refractivity contribution in [3.05, 3.63) is 83.0 Å². The SMILES string of the molecule is FC(F)(F)c1ccc(-c2cc(CN3Cc4[nH]c(-c5cccc6[nH]ccc56)nc4C=N3)on2)c(C(F)(F)F)c1. The third-order valence-electron chi connectivity index (χ3n) is 6.17. The monoisotopic (exact) mass is 530 g/mol. The Hall–Kier alpha value is -4.55. The predicted octanol–water partition coefficient (Wildman–Crippen LogP) is 6.60. The lowest BCUT2D eigenvalue weighted by atomic mass is 10.0. The van der Waals surface area contributed by atoms with Gasteiger partial charge in [-0.3, -0.25) is 5.01 Å². The molecule has 2 N–H and O–H groups in total. The molecule has 0 radical (unpaired) electrons. The number of H-pyrrole nitrogens is 2. The van der Waals surface area contributed by atoms with Gasteiger partial charge in [0, 0.05) is 34.3 Å². The first-order valence-electron chi connectivity index (χ1n) is 11.2. The van der Waals surface area contributed by atoms with Crippen molar-refractivity contribution in [2.24, 2.45) is 5.10 Å². The average Bonchev–Trinajstić information content (AvgIpc) is 3.61. The van der Waals surface area contributed by atoms with Crippen LogP contribution in [0.15, 0.2) is 64.4 Å². The maximum atomic E-state index is 13.6. The van der Waals surface area contributed by atoms with E-state index in [0.29, 0.717) is 24.1 Å². The Balaban J connectivity index is 1.23.